The highest BCUT2D eigenvalue weighted by Gasteiger charge is 2.20. The van der Waals surface area contributed by atoms with E-state index in [0.29, 0.717) is 30.9 Å². The number of ether oxygens (including phenoxy) is 2. The van der Waals surface area contributed by atoms with Crippen molar-refractivity contribution in [3.05, 3.63) is 23.3 Å². The summed E-state index contributed by atoms with van der Waals surface area (Å²) in [4.78, 5) is 0. The number of nitrogens with one attached hydrogen (secondary N) is 2. The first-order chi connectivity index (χ1) is 13.4. The van der Waals surface area contributed by atoms with E-state index in [1.54, 1.807) is 0 Å². The second kappa shape index (κ2) is 11.6. The molecule has 1 aliphatic carbocycles. The molecule has 0 aliphatic heterocycles. The topological polar surface area (TPSA) is 83.0 Å². The average Bonchev–Trinajstić information content (AvgIpc) is 2.67. The number of aliphatic hydroxyl groups excluding tert-OH is 2. The predicted molar refractivity (Wildman–Crippen MR) is 112 cm³/mol. The summed E-state index contributed by atoms with van der Waals surface area (Å²) in [7, 11) is 0. The van der Waals surface area contributed by atoms with Crippen molar-refractivity contribution >= 4 is 0 Å². The standard InChI is InChI=1S/C22H38N2O4/c1-15(2)23-11-18(25)13-27-21-10-9-17-7-5-6-8-20(17)22(21)28-14-19(26)12-24-16(3)4/h9-10,15-16,18-19,23-26H,5-8,11-14H2,1-4H3. The highest BCUT2D eigenvalue weighted by molar-refractivity contribution is 5.51. The van der Waals surface area contributed by atoms with Gasteiger partial charge in [-0.25, -0.2) is 0 Å². The molecule has 1 aliphatic rings. The summed E-state index contributed by atoms with van der Waals surface area (Å²) in [6, 6.07) is 4.67. The zero-order valence-corrected chi connectivity index (χ0v) is 17.8. The number of rotatable bonds is 12. The van der Waals surface area contributed by atoms with Crippen LogP contribution in [0, 0.1) is 0 Å². The quantitative estimate of drug-likeness (QED) is 0.434. The summed E-state index contributed by atoms with van der Waals surface area (Å²) in [5, 5.41) is 26.8. The number of aryl methyl sites for hydroxylation is 1. The predicted octanol–water partition coefficient (Wildman–Crippen LogP) is 2.04. The Morgan fingerprint density at radius 3 is 2.04 bits per heavy atom. The maximum absolute atomic E-state index is 10.2. The minimum Gasteiger partial charge on any atom is -0.487 e. The maximum Gasteiger partial charge on any atom is 0.164 e. The zero-order valence-electron chi connectivity index (χ0n) is 17.8. The first-order valence-electron chi connectivity index (χ1n) is 10.6. The van der Waals surface area contributed by atoms with Crippen molar-refractivity contribution in [1.82, 2.24) is 10.6 Å². The van der Waals surface area contributed by atoms with Gasteiger partial charge >= 0.3 is 0 Å². The number of fused-ring (bicyclic) bond motifs is 1. The number of benzene rings is 1. The van der Waals surface area contributed by atoms with Crippen LogP contribution in [0.15, 0.2) is 12.1 Å². The fourth-order valence-corrected chi connectivity index (χ4v) is 3.27. The molecule has 6 heteroatoms. The molecule has 0 amide bonds. The van der Waals surface area contributed by atoms with Crippen LogP contribution in [0.5, 0.6) is 11.5 Å². The van der Waals surface area contributed by atoms with Gasteiger partial charge in [0.1, 0.15) is 25.4 Å². The third kappa shape index (κ3) is 7.59. The Hall–Kier alpha value is -1.34. The lowest BCUT2D eigenvalue weighted by atomic mass is 9.90. The van der Waals surface area contributed by atoms with Crippen molar-refractivity contribution in [2.45, 2.75) is 77.7 Å². The normalized spacial score (nSPS) is 16.1. The van der Waals surface area contributed by atoms with Gasteiger partial charge in [0.25, 0.3) is 0 Å². The highest BCUT2D eigenvalue weighted by Crippen LogP contribution is 2.38. The molecule has 0 saturated heterocycles. The van der Waals surface area contributed by atoms with E-state index in [4.69, 9.17) is 9.47 Å². The molecule has 2 rings (SSSR count). The van der Waals surface area contributed by atoms with Crippen LogP contribution >= 0.6 is 0 Å². The van der Waals surface area contributed by atoms with Gasteiger partial charge < -0.3 is 30.3 Å². The molecule has 0 bridgehead atoms. The molecule has 160 valence electrons. The van der Waals surface area contributed by atoms with Crippen molar-refractivity contribution in [1.29, 1.82) is 0 Å². The maximum atomic E-state index is 10.2. The lowest BCUT2D eigenvalue weighted by Crippen LogP contribution is -2.35. The largest absolute Gasteiger partial charge is 0.487 e. The molecule has 4 N–H and O–H groups in total. The van der Waals surface area contributed by atoms with Gasteiger partial charge in [0.2, 0.25) is 0 Å². The van der Waals surface area contributed by atoms with Gasteiger partial charge in [-0.2, -0.15) is 0 Å². The average molecular weight is 395 g/mol. The van der Waals surface area contributed by atoms with Crippen molar-refractivity contribution in [3.63, 3.8) is 0 Å². The van der Waals surface area contributed by atoms with E-state index in [0.717, 1.165) is 25.0 Å². The molecular weight excluding hydrogens is 356 g/mol. The van der Waals surface area contributed by atoms with Crippen molar-refractivity contribution in [2.24, 2.45) is 0 Å². The Morgan fingerprint density at radius 2 is 1.43 bits per heavy atom. The molecule has 28 heavy (non-hydrogen) atoms. The van der Waals surface area contributed by atoms with E-state index in [9.17, 15) is 10.2 Å². The Balaban J connectivity index is 2.03. The van der Waals surface area contributed by atoms with Crippen molar-refractivity contribution in [2.75, 3.05) is 26.3 Å². The van der Waals surface area contributed by atoms with Gasteiger partial charge in [0.05, 0.1) is 0 Å². The minimum absolute atomic E-state index is 0.201. The van der Waals surface area contributed by atoms with Gasteiger partial charge in [-0.15, -0.1) is 0 Å². The van der Waals surface area contributed by atoms with Gasteiger partial charge in [0, 0.05) is 30.7 Å². The lowest BCUT2D eigenvalue weighted by molar-refractivity contribution is 0.0903. The summed E-state index contributed by atoms with van der Waals surface area (Å²) in [6.07, 6.45) is 3.14. The molecule has 1 aromatic rings. The van der Waals surface area contributed by atoms with Crippen LogP contribution in [0.3, 0.4) is 0 Å². The van der Waals surface area contributed by atoms with Gasteiger partial charge in [-0.1, -0.05) is 33.8 Å². The second-order valence-electron chi connectivity index (χ2n) is 8.29. The molecule has 1 aromatic carbocycles. The van der Waals surface area contributed by atoms with Crippen LogP contribution in [0.25, 0.3) is 0 Å². The summed E-state index contributed by atoms with van der Waals surface area (Å²) in [6.45, 7) is 9.57. The van der Waals surface area contributed by atoms with Crippen LogP contribution in [-0.2, 0) is 12.8 Å². The molecule has 0 aromatic heterocycles. The number of aliphatic hydroxyl groups is 2. The van der Waals surface area contributed by atoms with Crippen molar-refractivity contribution in [3.8, 4) is 11.5 Å². The summed E-state index contributed by atoms with van der Waals surface area (Å²) in [5.74, 6) is 1.37. The highest BCUT2D eigenvalue weighted by atomic mass is 16.5. The number of hydrogen-bond donors (Lipinski definition) is 4. The molecule has 2 atom stereocenters. The Labute approximate surface area is 169 Å². The van der Waals surface area contributed by atoms with E-state index < -0.39 is 12.2 Å². The molecule has 0 saturated carbocycles. The fourth-order valence-electron chi connectivity index (χ4n) is 3.27. The molecular formula is C22H38N2O4. The lowest BCUT2D eigenvalue weighted by Gasteiger charge is -2.24. The summed E-state index contributed by atoms with van der Waals surface area (Å²) < 4.78 is 12.0. The first kappa shape index (κ1) is 22.9. The zero-order chi connectivity index (χ0) is 20.5. The van der Waals surface area contributed by atoms with Crippen LogP contribution < -0.4 is 20.1 Å². The summed E-state index contributed by atoms with van der Waals surface area (Å²) in [5.41, 5.74) is 2.48. The Bertz CT molecular complexity index is 592. The van der Waals surface area contributed by atoms with Crippen LogP contribution in [0.2, 0.25) is 0 Å². The molecule has 0 heterocycles. The van der Waals surface area contributed by atoms with Crippen LogP contribution in [-0.4, -0.2) is 60.8 Å². The smallest absolute Gasteiger partial charge is 0.164 e. The Kier molecular flexibility index (Phi) is 9.51. The number of hydrogen-bond acceptors (Lipinski definition) is 6. The fraction of sp³-hybridized carbons (Fsp3) is 0.727. The van der Waals surface area contributed by atoms with Crippen molar-refractivity contribution < 1.29 is 19.7 Å². The third-order valence-electron chi connectivity index (χ3n) is 4.82. The SMILES string of the molecule is CC(C)NCC(O)COc1ccc2c(c1OCC(O)CNC(C)C)CCCC2. The van der Waals surface area contributed by atoms with E-state index in [1.807, 2.05) is 33.8 Å². The molecule has 2 unspecified atom stereocenters. The second-order valence-corrected chi connectivity index (χ2v) is 8.29. The van der Waals surface area contributed by atoms with Gasteiger partial charge in [0.15, 0.2) is 11.5 Å². The van der Waals surface area contributed by atoms with Crippen LogP contribution in [0.1, 0.15) is 51.7 Å². The van der Waals surface area contributed by atoms with E-state index in [2.05, 4.69) is 16.7 Å². The van der Waals surface area contributed by atoms with Crippen LogP contribution in [0.4, 0.5) is 0 Å². The van der Waals surface area contributed by atoms with Gasteiger partial charge in [-0.05, 0) is 37.3 Å². The molecule has 0 radical (unpaired) electrons. The van der Waals surface area contributed by atoms with E-state index in [1.165, 1.54) is 17.5 Å². The Morgan fingerprint density at radius 1 is 0.857 bits per heavy atom. The van der Waals surface area contributed by atoms with E-state index in [-0.39, 0.29) is 13.2 Å². The third-order valence-corrected chi connectivity index (χ3v) is 4.82. The molecule has 0 spiro atoms. The van der Waals surface area contributed by atoms with Gasteiger partial charge in [-0.3, -0.25) is 0 Å². The molecule has 6 nitrogen and oxygen atoms in total. The first-order valence-corrected chi connectivity index (χ1v) is 10.6. The van der Waals surface area contributed by atoms with E-state index >= 15 is 0 Å². The summed E-state index contributed by atoms with van der Waals surface area (Å²) >= 11 is 0. The monoisotopic (exact) mass is 394 g/mol. The minimum atomic E-state index is -0.591. The molecule has 0 fully saturated rings.